The summed E-state index contributed by atoms with van der Waals surface area (Å²) in [5.74, 6) is 0.352. The van der Waals surface area contributed by atoms with E-state index in [-0.39, 0.29) is 11.9 Å². The van der Waals surface area contributed by atoms with Crippen molar-refractivity contribution in [2.75, 3.05) is 13.7 Å². The number of carbonyl (C=O) groups is 1. The van der Waals surface area contributed by atoms with E-state index >= 15 is 0 Å². The summed E-state index contributed by atoms with van der Waals surface area (Å²) in [4.78, 5) is 11.6. The average Bonchev–Trinajstić information content (AvgIpc) is 2.36. The van der Waals surface area contributed by atoms with Crippen molar-refractivity contribution in [3.05, 3.63) is 35.9 Å². The fourth-order valence-electron chi connectivity index (χ4n) is 1.69. The van der Waals surface area contributed by atoms with Crippen molar-refractivity contribution >= 4 is 5.91 Å². The molecule has 0 saturated heterocycles. The van der Waals surface area contributed by atoms with Crippen molar-refractivity contribution in [2.45, 2.75) is 32.2 Å². The number of methoxy groups -OCH3 is 1. The minimum atomic E-state index is 0.0436. The minimum Gasteiger partial charge on any atom is -0.384 e. The molecular formula is C14H21NO2. The molecule has 0 aromatic heterocycles. The number of hydrogen-bond acceptors (Lipinski definition) is 2. The summed E-state index contributed by atoms with van der Waals surface area (Å²) >= 11 is 0. The summed E-state index contributed by atoms with van der Waals surface area (Å²) in [7, 11) is 1.60. The van der Waals surface area contributed by atoms with E-state index < -0.39 is 0 Å². The molecule has 2 atom stereocenters. The number of ether oxygens (including phenoxy) is 1. The van der Waals surface area contributed by atoms with Crippen LogP contribution < -0.4 is 5.32 Å². The van der Waals surface area contributed by atoms with Crippen molar-refractivity contribution in [3.8, 4) is 0 Å². The molecule has 1 rings (SSSR count). The molecule has 0 aliphatic heterocycles. The Balaban J connectivity index is 2.47. The summed E-state index contributed by atoms with van der Waals surface area (Å²) in [6.07, 6.45) is 0.419. The minimum absolute atomic E-state index is 0.0436. The first-order chi connectivity index (χ1) is 8.15. The molecule has 2 unspecified atom stereocenters. The maximum Gasteiger partial charge on any atom is 0.222 e. The summed E-state index contributed by atoms with van der Waals surface area (Å²) in [5.41, 5.74) is 1.24. The van der Waals surface area contributed by atoms with Crippen LogP contribution in [0, 0.1) is 0 Å². The molecule has 0 spiro atoms. The number of rotatable bonds is 6. The van der Waals surface area contributed by atoms with E-state index in [0.29, 0.717) is 18.9 Å². The zero-order chi connectivity index (χ0) is 12.7. The highest BCUT2D eigenvalue weighted by Gasteiger charge is 2.15. The van der Waals surface area contributed by atoms with Crippen LogP contribution in [0.2, 0.25) is 0 Å². The molecule has 3 nitrogen and oxygen atoms in total. The van der Waals surface area contributed by atoms with Gasteiger partial charge in [0.25, 0.3) is 0 Å². The number of amides is 1. The van der Waals surface area contributed by atoms with Gasteiger partial charge < -0.3 is 10.1 Å². The van der Waals surface area contributed by atoms with Crippen molar-refractivity contribution in [3.63, 3.8) is 0 Å². The van der Waals surface area contributed by atoms with Gasteiger partial charge >= 0.3 is 0 Å². The predicted octanol–water partition coefficient (Wildman–Crippen LogP) is 2.33. The summed E-state index contributed by atoms with van der Waals surface area (Å²) in [5, 5.41) is 2.99. The van der Waals surface area contributed by atoms with Gasteiger partial charge in [-0.05, 0) is 12.5 Å². The van der Waals surface area contributed by atoms with Gasteiger partial charge in [0.15, 0.2) is 0 Å². The van der Waals surface area contributed by atoms with E-state index in [4.69, 9.17) is 4.74 Å². The molecule has 3 heteroatoms. The van der Waals surface area contributed by atoms with Crippen molar-refractivity contribution in [1.29, 1.82) is 0 Å². The first-order valence-electron chi connectivity index (χ1n) is 5.98. The number of nitrogens with one attached hydrogen (secondary N) is 1. The van der Waals surface area contributed by atoms with E-state index in [2.05, 4.69) is 24.4 Å². The van der Waals surface area contributed by atoms with Gasteiger partial charge in [-0.25, -0.2) is 0 Å². The van der Waals surface area contributed by atoms with Gasteiger partial charge in [0, 0.05) is 25.5 Å². The fourth-order valence-corrected chi connectivity index (χ4v) is 1.69. The van der Waals surface area contributed by atoms with E-state index in [1.807, 2.05) is 25.1 Å². The summed E-state index contributed by atoms with van der Waals surface area (Å²) < 4.78 is 4.88. The van der Waals surface area contributed by atoms with Gasteiger partial charge in [-0.2, -0.15) is 0 Å². The van der Waals surface area contributed by atoms with Crippen LogP contribution in [0.1, 0.15) is 31.7 Å². The molecule has 0 bridgehead atoms. The van der Waals surface area contributed by atoms with Crippen LogP contribution >= 0.6 is 0 Å². The Bertz CT molecular complexity index is 337. The van der Waals surface area contributed by atoms with Crippen molar-refractivity contribution < 1.29 is 9.53 Å². The highest BCUT2D eigenvalue weighted by Crippen LogP contribution is 2.18. The Labute approximate surface area is 103 Å². The standard InChI is InChI=1S/C14H21NO2/c1-11(13-7-5-4-6-8-13)12(2)15-14(16)9-10-17-3/h4-8,11-12H,9-10H2,1-3H3,(H,15,16). The molecule has 0 heterocycles. The molecule has 0 fully saturated rings. The van der Waals surface area contributed by atoms with Crippen molar-refractivity contribution in [2.24, 2.45) is 0 Å². The fraction of sp³-hybridized carbons (Fsp3) is 0.500. The molecule has 17 heavy (non-hydrogen) atoms. The van der Waals surface area contributed by atoms with Gasteiger partial charge in [0.2, 0.25) is 5.91 Å². The highest BCUT2D eigenvalue weighted by atomic mass is 16.5. The largest absolute Gasteiger partial charge is 0.384 e. The van der Waals surface area contributed by atoms with Crippen LogP contribution in [-0.2, 0) is 9.53 Å². The first-order valence-corrected chi connectivity index (χ1v) is 5.98. The van der Waals surface area contributed by atoms with Crippen LogP contribution in [0.5, 0.6) is 0 Å². The maximum absolute atomic E-state index is 11.6. The Hall–Kier alpha value is -1.35. The molecule has 0 aliphatic rings. The number of hydrogen-bond donors (Lipinski definition) is 1. The summed E-state index contributed by atoms with van der Waals surface area (Å²) in [6, 6.07) is 10.3. The van der Waals surface area contributed by atoms with E-state index in [1.165, 1.54) is 5.56 Å². The lowest BCUT2D eigenvalue weighted by atomic mass is 9.94. The predicted molar refractivity (Wildman–Crippen MR) is 69.0 cm³/mol. The molecule has 1 aromatic rings. The smallest absolute Gasteiger partial charge is 0.222 e. The van der Waals surface area contributed by atoms with Crippen LogP contribution in [0.15, 0.2) is 30.3 Å². The van der Waals surface area contributed by atoms with Crippen LogP contribution in [-0.4, -0.2) is 25.7 Å². The summed E-state index contributed by atoms with van der Waals surface area (Å²) in [6.45, 7) is 4.62. The van der Waals surface area contributed by atoms with Crippen LogP contribution in [0.4, 0.5) is 0 Å². The third-order valence-electron chi connectivity index (χ3n) is 3.00. The van der Waals surface area contributed by atoms with Gasteiger partial charge in [-0.15, -0.1) is 0 Å². The zero-order valence-corrected chi connectivity index (χ0v) is 10.8. The zero-order valence-electron chi connectivity index (χ0n) is 10.8. The van der Waals surface area contributed by atoms with Crippen LogP contribution in [0.25, 0.3) is 0 Å². The second kappa shape index (κ2) is 7.07. The Morgan fingerprint density at radius 3 is 2.53 bits per heavy atom. The lowest BCUT2D eigenvalue weighted by Gasteiger charge is -2.21. The molecule has 0 saturated carbocycles. The molecule has 0 aliphatic carbocycles. The van der Waals surface area contributed by atoms with Gasteiger partial charge in [-0.1, -0.05) is 37.3 Å². The molecule has 1 aromatic carbocycles. The Morgan fingerprint density at radius 2 is 1.94 bits per heavy atom. The van der Waals surface area contributed by atoms with Crippen molar-refractivity contribution in [1.82, 2.24) is 5.32 Å². The molecule has 1 amide bonds. The quantitative estimate of drug-likeness (QED) is 0.822. The molecule has 0 radical (unpaired) electrons. The van der Waals surface area contributed by atoms with Gasteiger partial charge in [0.1, 0.15) is 0 Å². The third kappa shape index (κ3) is 4.57. The second-order valence-electron chi connectivity index (χ2n) is 4.30. The first kappa shape index (κ1) is 13.7. The topological polar surface area (TPSA) is 38.3 Å². The molecule has 1 N–H and O–H groups in total. The van der Waals surface area contributed by atoms with E-state index in [9.17, 15) is 4.79 Å². The highest BCUT2D eigenvalue weighted by molar-refractivity contribution is 5.76. The molecular weight excluding hydrogens is 214 g/mol. The molecule has 94 valence electrons. The Morgan fingerprint density at radius 1 is 1.29 bits per heavy atom. The number of benzene rings is 1. The number of carbonyl (C=O) groups excluding carboxylic acids is 1. The third-order valence-corrected chi connectivity index (χ3v) is 3.00. The van der Waals surface area contributed by atoms with Gasteiger partial charge in [0.05, 0.1) is 6.61 Å². The normalized spacial score (nSPS) is 14.1. The van der Waals surface area contributed by atoms with Gasteiger partial charge in [-0.3, -0.25) is 4.79 Å². The van der Waals surface area contributed by atoms with E-state index in [1.54, 1.807) is 7.11 Å². The van der Waals surface area contributed by atoms with Crippen LogP contribution in [0.3, 0.4) is 0 Å². The maximum atomic E-state index is 11.6. The lowest BCUT2D eigenvalue weighted by molar-refractivity contribution is -0.122. The SMILES string of the molecule is COCCC(=O)NC(C)C(C)c1ccccc1. The van der Waals surface area contributed by atoms with E-state index in [0.717, 1.165) is 0 Å². The average molecular weight is 235 g/mol. The lowest BCUT2D eigenvalue weighted by Crippen LogP contribution is -2.36. The second-order valence-corrected chi connectivity index (χ2v) is 4.30. The Kier molecular flexibility index (Phi) is 5.70. The monoisotopic (exact) mass is 235 g/mol.